The molecule has 7 heteroatoms. The van der Waals surface area contributed by atoms with Crippen LogP contribution >= 0.6 is 27.3 Å². The first-order valence-corrected chi connectivity index (χ1v) is 8.12. The van der Waals surface area contributed by atoms with Crippen molar-refractivity contribution in [1.82, 2.24) is 0 Å². The van der Waals surface area contributed by atoms with E-state index in [2.05, 4.69) is 20.7 Å². The molecule has 0 spiro atoms. The molecule has 0 amide bonds. The van der Waals surface area contributed by atoms with Gasteiger partial charge in [0.05, 0.1) is 9.47 Å². The fourth-order valence-electron chi connectivity index (χ4n) is 1.51. The molecule has 2 aromatic rings. The van der Waals surface area contributed by atoms with E-state index >= 15 is 0 Å². The van der Waals surface area contributed by atoms with Crippen LogP contribution in [0.3, 0.4) is 0 Å². The number of benzene rings is 1. The van der Waals surface area contributed by atoms with Crippen LogP contribution < -0.4 is 10.5 Å². The number of hydrogen-bond donors (Lipinski definition) is 2. The van der Waals surface area contributed by atoms with Crippen LogP contribution in [0.5, 0.6) is 0 Å². The third-order valence-electron chi connectivity index (χ3n) is 2.27. The second-order valence-electron chi connectivity index (χ2n) is 3.70. The Morgan fingerprint density at radius 1 is 1.33 bits per heavy atom. The zero-order valence-corrected chi connectivity index (χ0v) is 12.7. The Morgan fingerprint density at radius 3 is 2.61 bits per heavy atom. The summed E-state index contributed by atoms with van der Waals surface area (Å²) in [7, 11) is -3.57. The summed E-state index contributed by atoms with van der Waals surface area (Å²) in [6.07, 6.45) is 0. The average molecular weight is 347 g/mol. The van der Waals surface area contributed by atoms with Gasteiger partial charge in [0.1, 0.15) is 4.90 Å². The molecular formula is C11H11BrN2O2S2. The van der Waals surface area contributed by atoms with Crippen molar-refractivity contribution < 1.29 is 8.42 Å². The number of anilines is 2. The van der Waals surface area contributed by atoms with Crippen LogP contribution in [-0.2, 0) is 10.0 Å². The molecule has 0 aliphatic carbocycles. The van der Waals surface area contributed by atoms with Crippen molar-refractivity contribution in [3.63, 3.8) is 0 Å². The Balaban J connectivity index is 2.36. The molecule has 18 heavy (non-hydrogen) atoms. The molecule has 0 bridgehead atoms. The lowest BCUT2D eigenvalue weighted by Crippen LogP contribution is -2.13. The number of thiophene rings is 1. The molecule has 1 aromatic carbocycles. The predicted molar refractivity (Wildman–Crippen MR) is 78.4 cm³/mol. The predicted octanol–water partition coefficient (Wildman–Crippen LogP) is 3.20. The van der Waals surface area contributed by atoms with E-state index in [1.54, 1.807) is 37.3 Å². The monoisotopic (exact) mass is 346 g/mol. The number of nitrogens with two attached hydrogens (primary N) is 1. The first-order valence-electron chi connectivity index (χ1n) is 5.03. The van der Waals surface area contributed by atoms with Crippen LogP contribution in [0.25, 0.3) is 0 Å². The molecule has 2 rings (SSSR count). The molecule has 0 saturated heterocycles. The molecule has 1 aromatic heterocycles. The summed E-state index contributed by atoms with van der Waals surface area (Å²) in [4.78, 5) is 1.01. The molecular weight excluding hydrogens is 336 g/mol. The highest BCUT2D eigenvalue weighted by molar-refractivity contribution is 9.11. The highest BCUT2D eigenvalue weighted by Gasteiger charge is 2.19. The number of sulfonamides is 1. The number of nitrogen functional groups attached to an aromatic ring is 1. The smallest absolute Gasteiger partial charge is 0.263 e. The number of rotatable bonds is 3. The molecule has 0 aliphatic heterocycles. The Morgan fingerprint density at radius 2 is 2.06 bits per heavy atom. The van der Waals surface area contributed by atoms with Gasteiger partial charge in [0.2, 0.25) is 0 Å². The Kier molecular flexibility index (Phi) is 3.65. The minimum Gasteiger partial charge on any atom is -0.399 e. The summed E-state index contributed by atoms with van der Waals surface area (Å²) in [6, 6.07) is 8.22. The fourth-order valence-corrected chi connectivity index (χ4v) is 4.97. The van der Waals surface area contributed by atoms with Crippen molar-refractivity contribution in [1.29, 1.82) is 0 Å². The van der Waals surface area contributed by atoms with Crippen molar-refractivity contribution in [2.24, 2.45) is 0 Å². The minimum atomic E-state index is -3.57. The maximum absolute atomic E-state index is 12.2. The summed E-state index contributed by atoms with van der Waals surface area (Å²) < 4.78 is 27.7. The van der Waals surface area contributed by atoms with Gasteiger partial charge < -0.3 is 5.73 Å². The van der Waals surface area contributed by atoms with Gasteiger partial charge in [0.25, 0.3) is 10.0 Å². The molecule has 3 N–H and O–H groups in total. The summed E-state index contributed by atoms with van der Waals surface area (Å²) in [5, 5.41) is 0. The van der Waals surface area contributed by atoms with Crippen molar-refractivity contribution >= 4 is 48.7 Å². The van der Waals surface area contributed by atoms with Gasteiger partial charge in [-0.2, -0.15) is 0 Å². The van der Waals surface area contributed by atoms with Crippen molar-refractivity contribution in [3.05, 3.63) is 39.0 Å². The van der Waals surface area contributed by atoms with Gasteiger partial charge in [-0.1, -0.05) is 6.07 Å². The van der Waals surface area contributed by atoms with E-state index in [4.69, 9.17) is 5.73 Å². The van der Waals surface area contributed by atoms with Gasteiger partial charge in [-0.05, 0) is 47.1 Å². The fraction of sp³-hybridized carbons (Fsp3) is 0.0909. The molecule has 0 unspecified atom stereocenters. The molecule has 1 heterocycles. The van der Waals surface area contributed by atoms with Crippen LogP contribution in [0.15, 0.2) is 39.0 Å². The number of halogens is 1. The van der Waals surface area contributed by atoms with E-state index in [1.165, 1.54) is 11.3 Å². The summed E-state index contributed by atoms with van der Waals surface area (Å²) in [5.41, 5.74) is 6.58. The van der Waals surface area contributed by atoms with Crippen LogP contribution in [0.2, 0.25) is 0 Å². The third-order valence-corrected chi connectivity index (χ3v) is 5.46. The van der Waals surface area contributed by atoms with Gasteiger partial charge in [0.15, 0.2) is 0 Å². The summed E-state index contributed by atoms with van der Waals surface area (Å²) in [5.74, 6) is 0. The van der Waals surface area contributed by atoms with E-state index in [0.717, 1.165) is 8.66 Å². The van der Waals surface area contributed by atoms with Gasteiger partial charge in [-0.3, -0.25) is 4.72 Å². The van der Waals surface area contributed by atoms with E-state index in [0.29, 0.717) is 11.4 Å². The lowest BCUT2D eigenvalue weighted by molar-refractivity contribution is 0.601. The molecule has 0 atom stereocenters. The highest BCUT2D eigenvalue weighted by Crippen LogP contribution is 2.30. The zero-order chi connectivity index (χ0) is 13.3. The largest absolute Gasteiger partial charge is 0.399 e. The van der Waals surface area contributed by atoms with Gasteiger partial charge in [0, 0.05) is 10.6 Å². The van der Waals surface area contributed by atoms with Gasteiger partial charge in [-0.15, -0.1) is 11.3 Å². The van der Waals surface area contributed by atoms with E-state index in [9.17, 15) is 8.42 Å². The molecule has 0 aliphatic rings. The quantitative estimate of drug-likeness (QED) is 0.838. The molecule has 0 fully saturated rings. The molecule has 0 radical (unpaired) electrons. The van der Waals surface area contributed by atoms with Crippen LogP contribution in [0.4, 0.5) is 11.4 Å². The van der Waals surface area contributed by atoms with Gasteiger partial charge >= 0.3 is 0 Å². The van der Waals surface area contributed by atoms with Crippen LogP contribution in [-0.4, -0.2) is 8.42 Å². The average Bonchev–Trinajstić information content (AvgIpc) is 2.58. The lowest BCUT2D eigenvalue weighted by Gasteiger charge is -2.07. The molecule has 96 valence electrons. The molecule has 4 nitrogen and oxygen atoms in total. The highest BCUT2D eigenvalue weighted by atomic mass is 79.9. The third kappa shape index (κ3) is 2.85. The van der Waals surface area contributed by atoms with Crippen molar-refractivity contribution in [3.8, 4) is 0 Å². The maximum atomic E-state index is 12.2. The first kappa shape index (κ1) is 13.4. The Bertz CT molecular complexity index is 680. The van der Waals surface area contributed by atoms with E-state index in [-0.39, 0.29) is 4.90 Å². The number of nitrogens with one attached hydrogen (secondary N) is 1. The van der Waals surface area contributed by atoms with Crippen LogP contribution in [0.1, 0.15) is 4.88 Å². The standard InChI is InChI=1S/C11H11BrN2O2S2/c1-7-10(6-11(12)17-7)18(15,16)14-9-4-2-3-8(13)5-9/h2-6,14H,13H2,1H3. The second kappa shape index (κ2) is 4.91. The Labute approximate surface area is 118 Å². The first-order chi connectivity index (χ1) is 8.38. The topological polar surface area (TPSA) is 72.2 Å². The number of hydrogen-bond acceptors (Lipinski definition) is 4. The van der Waals surface area contributed by atoms with E-state index < -0.39 is 10.0 Å². The Hall–Kier alpha value is -1.05. The summed E-state index contributed by atoms with van der Waals surface area (Å²) >= 11 is 4.66. The maximum Gasteiger partial charge on any atom is 0.263 e. The second-order valence-corrected chi connectivity index (χ2v) is 7.99. The van der Waals surface area contributed by atoms with Crippen molar-refractivity contribution in [2.45, 2.75) is 11.8 Å². The summed E-state index contributed by atoms with van der Waals surface area (Å²) in [6.45, 7) is 1.77. The SMILES string of the molecule is Cc1sc(Br)cc1S(=O)(=O)Nc1cccc(N)c1. The minimum absolute atomic E-state index is 0.279. The molecule has 0 saturated carbocycles. The lowest BCUT2D eigenvalue weighted by atomic mass is 10.3. The van der Waals surface area contributed by atoms with Gasteiger partial charge in [-0.25, -0.2) is 8.42 Å². The normalized spacial score (nSPS) is 11.4. The zero-order valence-electron chi connectivity index (χ0n) is 9.48. The van der Waals surface area contributed by atoms with E-state index in [1.807, 2.05) is 0 Å². The van der Waals surface area contributed by atoms with Crippen LogP contribution in [0, 0.1) is 6.92 Å². The number of aryl methyl sites for hydroxylation is 1. The van der Waals surface area contributed by atoms with Crippen molar-refractivity contribution in [2.75, 3.05) is 10.5 Å².